The van der Waals surface area contributed by atoms with Crippen LogP contribution in [-0.2, 0) is 23.1 Å². The van der Waals surface area contributed by atoms with Gasteiger partial charge in [-0.3, -0.25) is 4.79 Å². The number of nitrogens with zero attached hydrogens (tertiary/aromatic N) is 3. The number of aromatic nitrogens is 3. The van der Waals surface area contributed by atoms with Gasteiger partial charge in [0.2, 0.25) is 0 Å². The number of hydrogen-bond acceptors (Lipinski definition) is 5. The molecule has 16 heavy (non-hydrogen) atoms. The van der Waals surface area contributed by atoms with Crippen LogP contribution in [0.1, 0.15) is 5.82 Å². The Balaban J connectivity index is 1.81. The van der Waals surface area contributed by atoms with Gasteiger partial charge in [0, 0.05) is 20.1 Å². The molecule has 7 heteroatoms. The second kappa shape index (κ2) is 5.04. The van der Waals surface area contributed by atoms with Gasteiger partial charge in [-0.1, -0.05) is 0 Å². The lowest BCUT2D eigenvalue weighted by atomic mass is 10.3. The summed E-state index contributed by atoms with van der Waals surface area (Å²) in [7, 11) is 1.83. The van der Waals surface area contributed by atoms with E-state index in [4.69, 9.17) is 4.74 Å². The van der Waals surface area contributed by atoms with E-state index in [2.05, 4.69) is 20.8 Å². The van der Waals surface area contributed by atoms with E-state index < -0.39 is 6.10 Å². The lowest BCUT2D eigenvalue weighted by Crippen LogP contribution is -2.47. The molecule has 2 heterocycles. The van der Waals surface area contributed by atoms with E-state index in [-0.39, 0.29) is 5.91 Å². The molecule has 0 aliphatic carbocycles. The van der Waals surface area contributed by atoms with E-state index in [1.807, 2.05) is 7.05 Å². The third kappa shape index (κ3) is 2.56. The summed E-state index contributed by atoms with van der Waals surface area (Å²) < 4.78 is 7.09. The van der Waals surface area contributed by atoms with E-state index in [0.717, 1.165) is 12.4 Å². The number of rotatable bonds is 3. The van der Waals surface area contributed by atoms with Crippen LogP contribution in [0.4, 0.5) is 0 Å². The molecule has 2 rings (SSSR count). The second-order valence-corrected chi connectivity index (χ2v) is 3.64. The summed E-state index contributed by atoms with van der Waals surface area (Å²) in [5, 5.41) is 13.5. The lowest BCUT2D eigenvalue weighted by molar-refractivity contribution is -0.134. The summed E-state index contributed by atoms with van der Waals surface area (Å²) in [6, 6.07) is 0. The maximum Gasteiger partial charge on any atom is 0.250 e. The van der Waals surface area contributed by atoms with Crippen molar-refractivity contribution in [3.8, 4) is 0 Å². The van der Waals surface area contributed by atoms with Crippen molar-refractivity contribution in [1.29, 1.82) is 0 Å². The minimum atomic E-state index is -0.401. The number of carbonyl (C=O) groups excluding carboxylic acids is 1. The molecule has 1 aliphatic heterocycles. The predicted molar refractivity (Wildman–Crippen MR) is 55.5 cm³/mol. The summed E-state index contributed by atoms with van der Waals surface area (Å²) in [6.07, 6.45) is 1.20. The molecule has 0 spiro atoms. The zero-order valence-electron chi connectivity index (χ0n) is 9.14. The Labute approximate surface area is 93.2 Å². The van der Waals surface area contributed by atoms with Crippen molar-refractivity contribution in [1.82, 2.24) is 25.4 Å². The molecule has 1 amide bonds. The molecular weight excluding hydrogens is 210 g/mol. The summed E-state index contributed by atoms with van der Waals surface area (Å²) in [5.74, 6) is 0.604. The van der Waals surface area contributed by atoms with Crippen molar-refractivity contribution in [3.05, 3.63) is 12.2 Å². The molecule has 1 saturated heterocycles. The van der Waals surface area contributed by atoms with Crippen LogP contribution in [-0.4, -0.2) is 46.5 Å². The summed E-state index contributed by atoms with van der Waals surface area (Å²) in [5.41, 5.74) is 0. The molecular formula is C9H15N5O2. The van der Waals surface area contributed by atoms with Crippen LogP contribution in [0.2, 0.25) is 0 Å². The minimum absolute atomic E-state index is 0.116. The van der Waals surface area contributed by atoms with E-state index in [1.54, 1.807) is 10.9 Å². The number of aryl methyl sites for hydroxylation is 1. The molecule has 1 unspecified atom stereocenters. The first kappa shape index (κ1) is 11.0. The first-order valence-electron chi connectivity index (χ1n) is 5.20. The molecule has 1 atom stereocenters. The van der Waals surface area contributed by atoms with Crippen LogP contribution in [0.3, 0.4) is 0 Å². The van der Waals surface area contributed by atoms with Gasteiger partial charge in [-0.25, -0.2) is 0 Å². The van der Waals surface area contributed by atoms with E-state index >= 15 is 0 Å². The van der Waals surface area contributed by atoms with Crippen molar-refractivity contribution in [3.63, 3.8) is 0 Å². The standard InChI is InChI=1S/C9H15N5O2/c1-14-6-12-13-8(14)5-11-9(15)7-4-10-2-3-16-7/h6-7,10H,2-5H2,1H3,(H,11,15). The third-order valence-corrected chi connectivity index (χ3v) is 2.45. The Morgan fingerprint density at radius 1 is 1.81 bits per heavy atom. The number of carbonyl (C=O) groups is 1. The quantitative estimate of drug-likeness (QED) is 0.649. The molecule has 0 saturated carbocycles. The molecule has 1 aliphatic rings. The number of nitrogens with one attached hydrogen (secondary N) is 2. The molecule has 0 radical (unpaired) electrons. The van der Waals surface area contributed by atoms with Crippen LogP contribution in [0.25, 0.3) is 0 Å². The molecule has 88 valence electrons. The van der Waals surface area contributed by atoms with Gasteiger partial charge >= 0.3 is 0 Å². The van der Waals surface area contributed by atoms with Gasteiger partial charge in [0.15, 0.2) is 5.82 Å². The van der Waals surface area contributed by atoms with Gasteiger partial charge in [-0.2, -0.15) is 0 Å². The smallest absolute Gasteiger partial charge is 0.250 e. The topological polar surface area (TPSA) is 81.1 Å². The molecule has 2 N–H and O–H groups in total. The van der Waals surface area contributed by atoms with E-state index in [9.17, 15) is 4.79 Å². The average molecular weight is 225 g/mol. The zero-order chi connectivity index (χ0) is 11.4. The van der Waals surface area contributed by atoms with Crippen LogP contribution in [0.15, 0.2) is 6.33 Å². The molecule has 0 bridgehead atoms. The molecule has 1 aromatic heterocycles. The number of ether oxygens (including phenoxy) is 1. The SMILES string of the molecule is Cn1cnnc1CNC(=O)C1CNCCO1. The van der Waals surface area contributed by atoms with E-state index in [0.29, 0.717) is 19.7 Å². The second-order valence-electron chi connectivity index (χ2n) is 3.64. The summed E-state index contributed by atoms with van der Waals surface area (Å²) in [4.78, 5) is 11.7. The minimum Gasteiger partial charge on any atom is -0.366 e. The third-order valence-electron chi connectivity index (χ3n) is 2.45. The summed E-state index contributed by atoms with van der Waals surface area (Å²) >= 11 is 0. The molecule has 0 aromatic carbocycles. The number of hydrogen-bond donors (Lipinski definition) is 2. The van der Waals surface area contributed by atoms with Crippen molar-refractivity contribution in [2.75, 3.05) is 19.7 Å². The van der Waals surface area contributed by atoms with Crippen molar-refractivity contribution in [2.24, 2.45) is 7.05 Å². The average Bonchev–Trinajstić information content (AvgIpc) is 2.73. The van der Waals surface area contributed by atoms with Crippen LogP contribution < -0.4 is 10.6 Å². The molecule has 1 aromatic rings. The molecule has 1 fully saturated rings. The Morgan fingerprint density at radius 3 is 3.31 bits per heavy atom. The van der Waals surface area contributed by atoms with Crippen molar-refractivity contribution in [2.45, 2.75) is 12.6 Å². The van der Waals surface area contributed by atoms with Crippen LogP contribution >= 0.6 is 0 Å². The van der Waals surface area contributed by atoms with Gasteiger partial charge < -0.3 is 19.9 Å². The van der Waals surface area contributed by atoms with Gasteiger partial charge in [-0.15, -0.1) is 10.2 Å². The maximum absolute atomic E-state index is 11.7. The fourth-order valence-corrected chi connectivity index (χ4v) is 1.48. The Hall–Kier alpha value is -1.47. The zero-order valence-corrected chi connectivity index (χ0v) is 9.14. The van der Waals surface area contributed by atoms with Crippen molar-refractivity contribution >= 4 is 5.91 Å². The van der Waals surface area contributed by atoms with Gasteiger partial charge in [0.1, 0.15) is 12.4 Å². The number of morpholine rings is 1. The monoisotopic (exact) mass is 225 g/mol. The fraction of sp³-hybridized carbons (Fsp3) is 0.667. The number of amides is 1. The Morgan fingerprint density at radius 2 is 2.69 bits per heavy atom. The first-order chi connectivity index (χ1) is 7.77. The predicted octanol–water partition coefficient (Wildman–Crippen LogP) is -1.58. The van der Waals surface area contributed by atoms with Crippen LogP contribution in [0.5, 0.6) is 0 Å². The highest BCUT2D eigenvalue weighted by molar-refractivity contribution is 5.81. The highest BCUT2D eigenvalue weighted by atomic mass is 16.5. The molecule has 7 nitrogen and oxygen atoms in total. The van der Waals surface area contributed by atoms with Crippen molar-refractivity contribution < 1.29 is 9.53 Å². The van der Waals surface area contributed by atoms with Crippen LogP contribution in [0, 0.1) is 0 Å². The highest BCUT2D eigenvalue weighted by Crippen LogP contribution is 1.97. The summed E-state index contributed by atoms with van der Waals surface area (Å²) in [6.45, 7) is 2.30. The van der Waals surface area contributed by atoms with E-state index in [1.165, 1.54) is 0 Å². The Bertz CT molecular complexity index is 359. The first-order valence-corrected chi connectivity index (χ1v) is 5.20. The maximum atomic E-state index is 11.7. The van der Waals surface area contributed by atoms with Gasteiger partial charge in [0.05, 0.1) is 13.2 Å². The lowest BCUT2D eigenvalue weighted by Gasteiger charge is -2.22. The highest BCUT2D eigenvalue weighted by Gasteiger charge is 2.21. The Kier molecular flexibility index (Phi) is 3.47. The fourth-order valence-electron chi connectivity index (χ4n) is 1.48. The largest absolute Gasteiger partial charge is 0.366 e. The van der Waals surface area contributed by atoms with Gasteiger partial charge in [-0.05, 0) is 0 Å². The van der Waals surface area contributed by atoms with Gasteiger partial charge in [0.25, 0.3) is 5.91 Å². The normalized spacial score (nSPS) is 20.7.